The van der Waals surface area contributed by atoms with Crippen molar-refractivity contribution in [1.82, 2.24) is 5.32 Å². The van der Waals surface area contributed by atoms with E-state index >= 15 is 0 Å². The van der Waals surface area contributed by atoms with E-state index in [2.05, 4.69) is 5.32 Å². The van der Waals surface area contributed by atoms with Crippen LogP contribution in [-0.4, -0.2) is 31.6 Å². The van der Waals surface area contributed by atoms with Crippen LogP contribution < -0.4 is 10.1 Å². The van der Waals surface area contributed by atoms with Crippen molar-refractivity contribution in [2.45, 2.75) is 26.3 Å². The molecule has 0 aromatic heterocycles. The summed E-state index contributed by atoms with van der Waals surface area (Å²) >= 11 is 0. The van der Waals surface area contributed by atoms with E-state index in [4.69, 9.17) is 9.47 Å². The minimum atomic E-state index is -0.643. The van der Waals surface area contributed by atoms with Gasteiger partial charge in [0.2, 0.25) is 0 Å². The van der Waals surface area contributed by atoms with E-state index < -0.39 is 12.0 Å². The number of hydrogen-bond acceptors (Lipinski definition) is 4. The summed E-state index contributed by atoms with van der Waals surface area (Å²) in [6.07, 6.45) is 2.32. The third kappa shape index (κ3) is 3.87. The van der Waals surface area contributed by atoms with Crippen LogP contribution in [0.4, 0.5) is 0 Å². The molecule has 22 heavy (non-hydrogen) atoms. The maximum Gasteiger partial charge on any atom is 0.328 e. The van der Waals surface area contributed by atoms with Gasteiger partial charge in [-0.05, 0) is 24.5 Å². The molecule has 5 nitrogen and oxygen atoms in total. The predicted octanol–water partition coefficient (Wildman–Crippen LogP) is 2.17. The summed E-state index contributed by atoms with van der Waals surface area (Å²) in [6.45, 7) is 4.17. The minimum absolute atomic E-state index is 0.193. The molecule has 1 unspecified atom stereocenters. The number of rotatable bonds is 5. The first kappa shape index (κ1) is 16.1. The van der Waals surface area contributed by atoms with Gasteiger partial charge in [-0.1, -0.05) is 32.0 Å². The number of carbonyl (C=O) groups excluding carboxylic acids is 2. The van der Waals surface area contributed by atoms with Crippen molar-refractivity contribution in [1.29, 1.82) is 0 Å². The van der Waals surface area contributed by atoms with Crippen molar-refractivity contribution in [3.05, 3.63) is 35.4 Å². The quantitative estimate of drug-likeness (QED) is 0.847. The molecule has 1 amide bonds. The van der Waals surface area contributed by atoms with Crippen LogP contribution in [0.1, 0.15) is 25.8 Å². The molecule has 2 rings (SSSR count). The number of amides is 1. The molecule has 0 fully saturated rings. The van der Waals surface area contributed by atoms with Gasteiger partial charge in [0, 0.05) is 5.56 Å². The normalized spacial score (nSPS) is 14.5. The number of hydrogen-bond donors (Lipinski definition) is 1. The van der Waals surface area contributed by atoms with Gasteiger partial charge in [-0.2, -0.15) is 0 Å². The van der Waals surface area contributed by atoms with E-state index in [1.165, 1.54) is 7.11 Å². The van der Waals surface area contributed by atoms with Crippen LogP contribution in [0.3, 0.4) is 0 Å². The molecule has 0 aliphatic carbocycles. The van der Waals surface area contributed by atoms with Gasteiger partial charge in [0.05, 0.1) is 12.7 Å². The standard InChI is InChI=1S/C17H21NO4/c1-11(2)8-14(17(20)21-3)18-16(19)13-9-12-6-4-5-7-15(12)22-10-13/h4-7,9,11,14H,8,10H2,1-3H3,(H,18,19). The fourth-order valence-electron chi connectivity index (χ4n) is 2.33. The van der Waals surface area contributed by atoms with E-state index in [1.807, 2.05) is 38.1 Å². The number of para-hydroxylation sites is 1. The molecule has 1 atom stereocenters. The van der Waals surface area contributed by atoms with Crippen LogP contribution in [0.5, 0.6) is 5.75 Å². The highest BCUT2D eigenvalue weighted by Crippen LogP contribution is 2.25. The van der Waals surface area contributed by atoms with Crippen molar-refractivity contribution >= 4 is 18.0 Å². The Bertz CT molecular complexity index is 592. The lowest BCUT2D eigenvalue weighted by Gasteiger charge is -2.21. The Kier molecular flexibility index (Phi) is 5.20. The van der Waals surface area contributed by atoms with E-state index in [1.54, 1.807) is 6.08 Å². The number of ether oxygens (including phenoxy) is 2. The summed E-state index contributed by atoms with van der Waals surface area (Å²) < 4.78 is 10.3. The fourth-order valence-corrected chi connectivity index (χ4v) is 2.33. The van der Waals surface area contributed by atoms with Crippen molar-refractivity contribution in [3.63, 3.8) is 0 Å². The predicted molar refractivity (Wildman–Crippen MR) is 83.3 cm³/mol. The van der Waals surface area contributed by atoms with Gasteiger partial charge in [0.25, 0.3) is 5.91 Å². The topological polar surface area (TPSA) is 64.6 Å². The third-order valence-corrected chi connectivity index (χ3v) is 3.42. The van der Waals surface area contributed by atoms with Crippen LogP contribution in [0.25, 0.3) is 6.08 Å². The molecule has 0 saturated heterocycles. The summed E-state index contributed by atoms with van der Waals surface area (Å²) in [7, 11) is 1.32. The third-order valence-electron chi connectivity index (χ3n) is 3.42. The molecule has 0 saturated carbocycles. The molecule has 1 aromatic carbocycles. The smallest absolute Gasteiger partial charge is 0.328 e. The molecule has 1 N–H and O–H groups in total. The summed E-state index contributed by atoms with van der Waals surface area (Å²) in [5.41, 5.74) is 1.36. The zero-order valence-electron chi connectivity index (χ0n) is 13.1. The molecular formula is C17H21NO4. The van der Waals surface area contributed by atoms with Gasteiger partial charge >= 0.3 is 5.97 Å². The molecule has 1 aromatic rings. The van der Waals surface area contributed by atoms with Crippen molar-refractivity contribution in [2.24, 2.45) is 5.92 Å². The summed E-state index contributed by atoms with van der Waals surface area (Å²) in [6, 6.07) is 6.86. The molecule has 1 heterocycles. The maximum atomic E-state index is 12.4. The van der Waals surface area contributed by atoms with Crippen LogP contribution in [0, 0.1) is 5.92 Å². The highest BCUT2D eigenvalue weighted by molar-refractivity contribution is 6.00. The monoisotopic (exact) mass is 303 g/mol. The lowest BCUT2D eigenvalue weighted by Crippen LogP contribution is -2.43. The van der Waals surface area contributed by atoms with E-state index in [9.17, 15) is 9.59 Å². The highest BCUT2D eigenvalue weighted by Gasteiger charge is 2.25. The SMILES string of the molecule is COC(=O)C(CC(C)C)NC(=O)C1=Cc2ccccc2OC1. The first-order valence-electron chi connectivity index (χ1n) is 7.32. The summed E-state index contributed by atoms with van der Waals surface area (Å²) in [5.74, 6) is 0.290. The second kappa shape index (κ2) is 7.11. The zero-order chi connectivity index (χ0) is 16.1. The van der Waals surface area contributed by atoms with E-state index in [0.29, 0.717) is 12.0 Å². The molecule has 0 bridgehead atoms. The van der Waals surface area contributed by atoms with Crippen LogP contribution in [0.15, 0.2) is 29.8 Å². The van der Waals surface area contributed by atoms with Gasteiger partial charge in [-0.3, -0.25) is 4.79 Å². The van der Waals surface area contributed by atoms with E-state index in [0.717, 1.165) is 11.3 Å². The molecule has 1 aliphatic heterocycles. The Morgan fingerprint density at radius 3 is 2.73 bits per heavy atom. The van der Waals surface area contributed by atoms with Crippen molar-refractivity contribution < 1.29 is 19.1 Å². The number of nitrogens with one attached hydrogen (secondary N) is 1. The Balaban J connectivity index is 2.11. The first-order chi connectivity index (χ1) is 10.5. The van der Waals surface area contributed by atoms with Gasteiger partial charge in [-0.15, -0.1) is 0 Å². The number of carbonyl (C=O) groups is 2. The molecule has 0 spiro atoms. The second-order valence-electron chi connectivity index (χ2n) is 5.67. The average molecular weight is 303 g/mol. The van der Waals surface area contributed by atoms with Crippen LogP contribution in [0.2, 0.25) is 0 Å². The molecule has 0 radical (unpaired) electrons. The Labute approximate surface area is 130 Å². The average Bonchev–Trinajstić information content (AvgIpc) is 2.52. The van der Waals surface area contributed by atoms with Gasteiger partial charge in [0.15, 0.2) is 0 Å². The van der Waals surface area contributed by atoms with E-state index in [-0.39, 0.29) is 18.4 Å². The number of fused-ring (bicyclic) bond motifs is 1. The number of esters is 1. The van der Waals surface area contributed by atoms with Crippen molar-refractivity contribution in [2.75, 3.05) is 13.7 Å². The Morgan fingerprint density at radius 2 is 2.05 bits per heavy atom. The molecule has 1 aliphatic rings. The summed E-state index contributed by atoms with van der Waals surface area (Å²) in [4.78, 5) is 24.1. The van der Waals surface area contributed by atoms with Gasteiger partial charge in [0.1, 0.15) is 18.4 Å². The van der Waals surface area contributed by atoms with Gasteiger partial charge in [-0.25, -0.2) is 4.79 Å². The highest BCUT2D eigenvalue weighted by atomic mass is 16.5. The van der Waals surface area contributed by atoms with Gasteiger partial charge < -0.3 is 14.8 Å². The largest absolute Gasteiger partial charge is 0.488 e. The molecular weight excluding hydrogens is 282 g/mol. The lowest BCUT2D eigenvalue weighted by atomic mass is 10.0. The maximum absolute atomic E-state index is 12.4. The second-order valence-corrected chi connectivity index (χ2v) is 5.67. The number of benzene rings is 1. The number of methoxy groups -OCH3 is 1. The molecule has 118 valence electrons. The van der Waals surface area contributed by atoms with Crippen molar-refractivity contribution in [3.8, 4) is 5.75 Å². The first-order valence-corrected chi connectivity index (χ1v) is 7.32. The molecule has 5 heteroatoms. The van der Waals surface area contributed by atoms with Crippen LogP contribution in [-0.2, 0) is 14.3 Å². The summed E-state index contributed by atoms with van der Waals surface area (Å²) in [5, 5.41) is 2.74. The minimum Gasteiger partial charge on any atom is -0.488 e. The lowest BCUT2D eigenvalue weighted by molar-refractivity contribution is -0.145. The Morgan fingerprint density at radius 1 is 1.32 bits per heavy atom. The fraction of sp³-hybridized carbons (Fsp3) is 0.412. The van der Waals surface area contributed by atoms with Crippen LogP contribution >= 0.6 is 0 Å². The Hall–Kier alpha value is -2.30. The zero-order valence-corrected chi connectivity index (χ0v) is 13.1.